The zero-order valence-electron chi connectivity index (χ0n) is 10.1. The van der Waals surface area contributed by atoms with Gasteiger partial charge in [0.2, 0.25) is 0 Å². The summed E-state index contributed by atoms with van der Waals surface area (Å²) in [4.78, 5) is 0. The van der Waals surface area contributed by atoms with Crippen LogP contribution in [0.2, 0.25) is 0 Å². The Morgan fingerprint density at radius 3 is 1.94 bits per heavy atom. The quantitative estimate of drug-likeness (QED) is 0.778. The van der Waals surface area contributed by atoms with Crippen LogP contribution in [0.5, 0.6) is 0 Å². The monoisotopic (exact) mass is 230 g/mol. The van der Waals surface area contributed by atoms with Gasteiger partial charge in [-0.15, -0.1) is 0 Å². The van der Waals surface area contributed by atoms with Crippen molar-refractivity contribution >= 4 is 12.6 Å². The molecule has 2 aliphatic rings. The van der Waals surface area contributed by atoms with E-state index in [1.54, 1.807) is 0 Å². The highest BCUT2D eigenvalue weighted by atomic mass is 16.4. The van der Waals surface area contributed by atoms with Crippen LogP contribution in [0.4, 0.5) is 0 Å². The predicted molar refractivity (Wildman–Crippen MR) is 69.5 cm³/mol. The van der Waals surface area contributed by atoms with E-state index in [1.807, 2.05) is 12.1 Å². The minimum Gasteiger partial charge on any atom is -0.423 e. The normalized spacial score (nSPS) is 20.8. The van der Waals surface area contributed by atoms with Gasteiger partial charge in [-0.1, -0.05) is 31.0 Å². The van der Waals surface area contributed by atoms with Gasteiger partial charge in [0, 0.05) is 0 Å². The number of hydrogen-bond donors (Lipinski definition) is 2. The van der Waals surface area contributed by atoms with Crippen molar-refractivity contribution in [2.45, 2.75) is 50.4 Å². The van der Waals surface area contributed by atoms with Gasteiger partial charge in [-0.05, 0) is 54.1 Å². The van der Waals surface area contributed by atoms with Crippen molar-refractivity contribution in [3.8, 4) is 0 Å². The Kier molecular flexibility index (Phi) is 2.97. The highest BCUT2D eigenvalue weighted by Gasteiger charge is 2.29. The molecule has 2 saturated carbocycles. The van der Waals surface area contributed by atoms with E-state index in [0.29, 0.717) is 11.4 Å². The van der Waals surface area contributed by atoms with Crippen molar-refractivity contribution in [3.05, 3.63) is 29.3 Å². The smallest absolute Gasteiger partial charge is 0.423 e. The second kappa shape index (κ2) is 4.47. The maximum absolute atomic E-state index is 9.28. The summed E-state index contributed by atoms with van der Waals surface area (Å²) in [6.07, 6.45) is 7.82. The molecule has 2 fully saturated rings. The zero-order chi connectivity index (χ0) is 11.8. The highest BCUT2D eigenvalue weighted by molar-refractivity contribution is 6.58. The molecule has 17 heavy (non-hydrogen) atoms. The van der Waals surface area contributed by atoms with Gasteiger partial charge in [-0.25, -0.2) is 0 Å². The molecule has 0 radical (unpaired) electrons. The minimum atomic E-state index is -1.33. The van der Waals surface area contributed by atoms with E-state index >= 15 is 0 Å². The van der Waals surface area contributed by atoms with E-state index in [0.717, 1.165) is 5.92 Å². The van der Waals surface area contributed by atoms with Crippen LogP contribution in [0, 0.1) is 0 Å². The fraction of sp³-hybridized carbons (Fsp3) is 0.571. The van der Waals surface area contributed by atoms with E-state index in [1.165, 1.54) is 49.7 Å². The molecule has 0 saturated heterocycles. The van der Waals surface area contributed by atoms with Crippen LogP contribution < -0.4 is 5.46 Å². The number of rotatable bonds is 3. The summed E-state index contributed by atoms with van der Waals surface area (Å²) in [5.74, 6) is 1.40. The van der Waals surface area contributed by atoms with Gasteiger partial charge < -0.3 is 10.0 Å². The Hall–Kier alpha value is -0.795. The second-order valence-corrected chi connectivity index (χ2v) is 5.52. The summed E-state index contributed by atoms with van der Waals surface area (Å²) in [7, 11) is -1.33. The molecule has 2 aliphatic carbocycles. The first kappa shape index (κ1) is 11.3. The average Bonchev–Trinajstić information content (AvgIpc) is 2.14. The number of benzene rings is 1. The molecule has 0 atom stereocenters. The molecular weight excluding hydrogens is 211 g/mol. The molecule has 0 spiro atoms. The van der Waals surface area contributed by atoms with Crippen LogP contribution in [0.25, 0.3) is 0 Å². The fourth-order valence-corrected chi connectivity index (χ4v) is 2.92. The summed E-state index contributed by atoms with van der Waals surface area (Å²) in [6.45, 7) is 0. The molecule has 0 heterocycles. The largest absolute Gasteiger partial charge is 0.488 e. The van der Waals surface area contributed by atoms with Crippen molar-refractivity contribution in [3.63, 3.8) is 0 Å². The lowest BCUT2D eigenvalue weighted by Gasteiger charge is -2.34. The summed E-state index contributed by atoms with van der Waals surface area (Å²) >= 11 is 0. The molecule has 0 unspecified atom stereocenters. The van der Waals surface area contributed by atoms with Crippen LogP contribution in [-0.4, -0.2) is 17.2 Å². The summed E-state index contributed by atoms with van der Waals surface area (Å²) < 4.78 is 0. The van der Waals surface area contributed by atoms with Gasteiger partial charge in [0.15, 0.2) is 0 Å². The Balaban J connectivity index is 1.95. The van der Waals surface area contributed by atoms with Crippen molar-refractivity contribution in [2.75, 3.05) is 0 Å². The highest BCUT2D eigenvalue weighted by Crippen LogP contribution is 2.44. The summed E-state index contributed by atoms with van der Waals surface area (Å²) in [5.41, 5.74) is 3.52. The van der Waals surface area contributed by atoms with Crippen LogP contribution in [0.3, 0.4) is 0 Å². The molecule has 90 valence electrons. The summed E-state index contributed by atoms with van der Waals surface area (Å²) in [6, 6.07) is 6.04. The van der Waals surface area contributed by atoms with Crippen LogP contribution in [0.1, 0.15) is 61.5 Å². The first-order valence-corrected chi connectivity index (χ1v) is 6.75. The lowest BCUT2D eigenvalue weighted by molar-refractivity contribution is 0.388. The summed E-state index contributed by atoms with van der Waals surface area (Å²) in [5, 5.41) is 18.6. The molecule has 3 heteroatoms. The lowest BCUT2D eigenvalue weighted by atomic mass is 9.68. The molecule has 3 rings (SSSR count). The van der Waals surface area contributed by atoms with Crippen molar-refractivity contribution < 1.29 is 10.0 Å². The predicted octanol–water partition coefficient (Wildman–Crippen LogP) is 1.90. The van der Waals surface area contributed by atoms with Crippen LogP contribution in [-0.2, 0) is 0 Å². The fourth-order valence-electron chi connectivity index (χ4n) is 2.92. The minimum absolute atomic E-state index is 0.648. The Morgan fingerprint density at radius 2 is 1.47 bits per heavy atom. The molecule has 1 aromatic rings. The van der Waals surface area contributed by atoms with E-state index in [4.69, 9.17) is 0 Å². The second-order valence-electron chi connectivity index (χ2n) is 5.52. The van der Waals surface area contributed by atoms with Gasteiger partial charge in [0.25, 0.3) is 0 Å². The van der Waals surface area contributed by atoms with E-state index in [2.05, 4.69) is 6.07 Å². The van der Waals surface area contributed by atoms with E-state index in [9.17, 15) is 10.0 Å². The van der Waals surface area contributed by atoms with Gasteiger partial charge in [0.05, 0.1) is 0 Å². The molecule has 0 aliphatic heterocycles. The first-order valence-electron chi connectivity index (χ1n) is 6.75. The molecular formula is C14H19BO2. The maximum Gasteiger partial charge on any atom is 0.488 e. The molecule has 2 nitrogen and oxygen atoms in total. The molecule has 1 aromatic carbocycles. The molecule has 0 bridgehead atoms. The Morgan fingerprint density at radius 1 is 0.882 bits per heavy atom. The third-order valence-corrected chi connectivity index (χ3v) is 4.50. The third kappa shape index (κ3) is 2.02. The van der Waals surface area contributed by atoms with Gasteiger partial charge in [-0.2, -0.15) is 0 Å². The lowest BCUT2D eigenvalue weighted by Crippen LogP contribution is -2.31. The van der Waals surface area contributed by atoms with Gasteiger partial charge >= 0.3 is 7.12 Å². The molecule has 0 amide bonds. The van der Waals surface area contributed by atoms with Crippen molar-refractivity contribution in [2.24, 2.45) is 0 Å². The van der Waals surface area contributed by atoms with Gasteiger partial charge in [0.1, 0.15) is 0 Å². The SMILES string of the molecule is OB(O)c1ccc(C2CCC2)c(C2CCC2)c1. The van der Waals surface area contributed by atoms with Crippen LogP contribution in [0.15, 0.2) is 18.2 Å². The topological polar surface area (TPSA) is 40.5 Å². The molecule has 0 aromatic heterocycles. The van der Waals surface area contributed by atoms with Crippen molar-refractivity contribution in [1.82, 2.24) is 0 Å². The first-order chi connectivity index (χ1) is 8.25. The Bertz CT molecular complexity index is 409. The number of hydrogen-bond acceptors (Lipinski definition) is 2. The van der Waals surface area contributed by atoms with E-state index in [-0.39, 0.29) is 0 Å². The standard InChI is InChI=1S/C14H19BO2/c16-15(17)12-7-8-13(10-3-1-4-10)14(9-12)11-5-2-6-11/h7-11,16-17H,1-6H2. The maximum atomic E-state index is 9.28. The van der Waals surface area contributed by atoms with E-state index < -0.39 is 7.12 Å². The average molecular weight is 230 g/mol. The van der Waals surface area contributed by atoms with Gasteiger partial charge in [-0.3, -0.25) is 0 Å². The Labute approximate surface area is 103 Å². The third-order valence-electron chi connectivity index (χ3n) is 4.50. The van der Waals surface area contributed by atoms with Crippen LogP contribution >= 0.6 is 0 Å². The molecule has 2 N–H and O–H groups in total. The zero-order valence-corrected chi connectivity index (χ0v) is 10.1. The van der Waals surface area contributed by atoms with Crippen molar-refractivity contribution in [1.29, 1.82) is 0 Å².